The molecule has 3 aromatic heterocycles. The lowest BCUT2D eigenvalue weighted by molar-refractivity contribution is 0.303. The highest BCUT2D eigenvalue weighted by molar-refractivity contribution is 7.98. The summed E-state index contributed by atoms with van der Waals surface area (Å²) >= 11 is 1.43. The molecule has 9 heteroatoms. The summed E-state index contributed by atoms with van der Waals surface area (Å²) in [6.07, 6.45) is 27.2. The van der Waals surface area contributed by atoms with Crippen molar-refractivity contribution in [2.24, 2.45) is 0 Å². The van der Waals surface area contributed by atoms with Crippen molar-refractivity contribution >= 4 is 11.8 Å². The molecule has 4 aromatic rings. The number of nitrogens with zero attached hydrogens (tertiary/aromatic N) is 6. The second-order valence-electron chi connectivity index (χ2n) is 11.2. The molecule has 0 amide bonds. The van der Waals surface area contributed by atoms with Gasteiger partial charge in [0.25, 0.3) is 5.22 Å². The second kappa shape index (κ2) is 19.9. The van der Waals surface area contributed by atoms with Crippen molar-refractivity contribution in [2.75, 3.05) is 6.61 Å². The molecule has 0 N–H and O–H groups in total. The molecule has 0 saturated heterocycles. The first-order valence-electron chi connectivity index (χ1n) is 16.3. The maximum Gasteiger partial charge on any atom is 0.277 e. The molecule has 0 saturated carbocycles. The van der Waals surface area contributed by atoms with E-state index in [1.54, 1.807) is 17.1 Å². The summed E-state index contributed by atoms with van der Waals surface area (Å²) in [7, 11) is 0. The van der Waals surface area contributed by atoms with E-state index in [9.17, 15) is 0 Å². The SMILES string of the molecule is CCCCCCCCCCCCCCCCCCOc1ccccc1-n1cc(CSc2nnc(-c3ccncc3)o2)nn1. The largest absolute Gasteiger partial charge is 0.491 e. The van der Waals surface area contributed by atoms with Gasteiger partial charge in [-0.25, -0.2) is 4.68 Å². The molecule has 8 nitrogen and oxygen atoms in total. The van der Waals surface area contributed by atoms with Gasteiger partial charge in [-0.05, 0) is 30.7 Å². The average Bonchev–Trinajstić information content (AvgIpc) is 3.72. The lowest BCUT2D eigenvalue weighted by Gasteiger charge is -2.11. The van der Waals surface area contributed by atoms with E-state index in [2.05, 4.69) is 32.4 Å². The smallest absolute Gasteiger partial charge is 0.277 e. The molecule has 0 spiro atoms. The third-order valence-electron chi connectivity index (χ3n) is 7.59. The molecular formula is C34H48N6O2S. The number of aromatic nitrogens is 6. The molecule has 43 heavy (non-hydrogen) atoms. The molecule has 0 fully saturated rings. The Morgan fingerprint density at radius 3 is 2.02 bits per heavy atom. The Hall–Kier alpha value is -3.20. The topological polar surface area (TPSA) is 91.8 Å². The van der Waals surface area contributed by atoms with Gasteiger partial charge in [-0.1, -0.05) is 132 Å². The Morgan fingerprint density at radius 2 is 1.35 bits per heavy atom. The van der Waals surface area contributed by atoms with Gasteiger partial charge in [0.15, 0.2) is 0 Å². The highest BCUT2D eigenvalue weighted by atomic mass is 32.2. The van der Waals surface area contributed by atoms with Crippen LogP contribution in [-0.4, -0.2) is 36.8 Å². The molecule has 0 aliphatic rings. The number of para-hydroxylation sites is 2. The number of benzene rings is 1. The third kappa shape index (κ3) is 12.1. The van der Waals surface area contributed by atoms with Crippen molar-refractivity contribution in [3.8, 4) is 22.9 Å². The van der Waals surface area contributed by atoms with E-state index in [-0.39, 0.29) is 0 Å². The number of thioether (sulfide) groups is 1. The van der Waals surface area contributed by atoms with Crippen molar-refractivity contribution in [1.29, 1.82) is 0 Å². The van der Waals surface area contributed by atoms with Crippen LogP contribution >= 0.6 is 11.8 Å². The van der Waals surface area contributed by atoms with Crippen LogP contribution < -0.4 is 4.74 Å². The summed E-state index contributed by atoms with van der Waals surface area (Å²) in [4.78, 5) is 4.02. The molecule has 0 bridgehead atoms. The lowest BCUT2D eigenvalue weighted by atomic mass is 10.0. The van der Waals surface area contributed by atoms with E-state index >= 15 is 0 Å². The van der Waals surface area contributed by atoms with Crippen molar-refractivity contribution < 1.29 is 9.15 Å². The van der Waals surface area contributed by atoms with E-state index in [1.807, 2.05) is 42.6 Å². The first-order valence-corrected chi connectivity index (χ1v) is 17.3. The monoisotopic (exact) mass is 604 g/mol. The van der Waals surface area contributed by atoms with Crippen LogP contribution in [0.5, 0.6) is 5.75 Å². The van der Waals surface area contributed by atoms with Gasteiger partial charge in [-0.15, -0.1) is 15.3 Å². The third-order valence-corrected chi connectivity index (χ3v) is 8.44. The standard InChI is InChI=1S/C34H48N6O2S/c1-2-3-4-5-6-7-8-9-10-11-12-13-14-15-16-19-26-41-32-21-18-17-20-31(32)40-27-30(36-39-40)28-43-34-38-37-33(42-34)29-22-24-35-25-23-29/h17-18,20-25,27H,2-16,19,26,28H2,1H3. The van der Waals surface area contributed by atoms with Gasteiger partial charge in [0, 0.05) is 23.7 Å². The minimum absolute atomic E-state index is 0.476. The maximum atomic E-state index is 6.16. The van der Waals surface area contributed by atoms with Crippen molar-refractivity contribution in [1.82, 2.24) is 30.2 Å². The van der Waals surface area contributed by atoms with Crippen LogP contribution in [0.4, 0.5) is 0 Å². The normalized spacial score (nSPS) is 11.3. The second-order valence-corrected chi connectivity index (χ2v) is 12.1. The van der Waals surface area contributed by atoms with Crippen LogP contribution in [0.2, 0.25) is 0 Å². The summed E-state index contributed by atoms with van der Waals surface area (Å²) in [5.74, 6) is 1.87. The van der Waals surface area contributed by atoms with Gasteiger partial charge in [-0.3, -0.25) is 4.98 Å². The summed E-state index contributed by atoms with van der Waals surface area (Å²) in [6, 6.07) is 11.7. The fourth-order valence-corrected chi connectivity index (χ4v) is 5.74. The van der Waals surface area contributed by atoms with Gasteiger partial charge in [0.05, 0.1) is 18.5 Å². The van der Waals surface area contributed by atoms with E-state index in [4.69, 9.17) is 9.15 Å². The van der Waals surface area contributed by atoms with Crippen LogP contribution in [0, 0.1) is 0 Å². The zero-order valence-electron chi connectivity index (χ0n) is 25.8. The number of hydrogen-bond donors (Lipinski definition) is 0. The Balaban J connectivity index is 1.06. The molecule has 1 aromatic carbocycles. The van der Waals surface area contributed by atoms with Gasteiger partial charge in [0.1, 0.15) is 11.4 Å². The van der Waals surface area contributed by atoms with Gasteiger partial charge in [0.2, 0.25) is 5.89 Å². The predicted octanol–water partition coefficient (Wildman–Crippen LogP) is 9.64. The van der Waals surface area contributed by atoms with E-state index in [0.717, 1.165) is 29.1 Å². The Morgan fingerprint density at radius 1 is 0.721 bits per heavy atom. The van der Waals surface area contributed by atoms with E-state index in [1.165, 1.54) is 108 Å². The Labute approximate surface area is 261 Å². The zero-order valence-corrected chi connectivity index (χ0v) is 26.6. The molecule has 232 valence electrons. The van der Waals surface area contributed by atoms with Crippen molar-refractivity contribution in [2.45, 2.75) is 121 Å². The van der Waals surface area contributed by atoms with Crippen molar-refractivity contribution in [3.63, 3.8) is 0 Å². The highest BCUT2D eigenvalue weighted by Crippen LogP contribution is 2.26. The van der Waals surface area contributed by atoms with E-state index in [0.29, 0.717) is 23.5 Å². The van der Waals surface area contributed by atoms with E-state index < -0.39 is 0 Å². The molecule has 0 atom stereocenters. The molecule has 0 aliphatic carbocycles. The molecule has 0 unspecified atom stereocenters. The highest BCUT2D eigenvalue weighted by Gasteiger charge is 2.12. The quantitative estimate of drug-likeness (QED) is 0.0610. The summed E-state index contributed by atoms with van der Waals surface area (Å²) in [5.41, 5.74) is 2.55. The molecule has 3 heterocycles. The van der Waals surface area contributed by atoms with Crippen molar-refractivity contribution in [3.05, 3.63) is 60.7 Å². The first-order chi connectivity index (χ1) is 21.3. The number of ether oxygens (including phenoxy) is 1. The maximum absolute atomic E-state index is 6.16. The molecule has 0 aliphatic heterocycles. The first kappa shape index (κ1) is 32.7. The molecule has 0 radical (unpaired) electrons. The summed E-state index contributed by atoms with van der Waals surface area (Å²) in [5, 5.41) is 17.4. The fraction of sp³-hybridized carbons (Fsp3) is 0.559. The molecular weight excluding hydrogens is 556 g/mol. The van der Waals surface area contributed by atoms with Crippen LogP contribution in [0.25, 0.3) is 17.1 Å². The fourth-order valence-electron chi connectivity index (χ4n) is 5.10. The predicted molar refractivity (Wildman–Crippen MR) is 173 cm³/mol. The Bertz CT molecular complexity index is 1280. The number of hydrogen-bond acceptors (Lipinski definition) is 8. The Kier molecular flexibility index (Phi) is 15.1. The number of pyridine rings is 1. The zero-order chi connectivity index (χ0) is 29.8. The van der Waals surface area contributed by atoms with Crippen LogP contribution in [0.1, 0.15) is 115 Å². The van der Waals surface area contributed by atoms with Gasteiger partial charge >= 0.3 is 0 Å². The summed E-state index contributed by atoms with van der Waals surface area (Å²) < 4.78 is 13.7. The average molecular weight is 605 g/mol. The number of unbranched alkanes of at least 4 members (excludes halogenated alkanes) is 15. The minimum atomic E-state index is 0.476. The van der Waals surface area contributed by atoms with Crippen LogP contribution in [0.3, 0.4) is 0 Å². The van der Waals surface area contributed by atoms with Crippen LogP contribution in [0.15, 0.2) is 64.6 Å². The van der Waals surface area contributed by atoms with Crippen LogP contribution in [-0.2, 0) is 5.75 Å². The molecule has 4 rings (SSSR count). The minimum Gasteiger partial charge on any atom is -0.491 e. The van der Waals surface area contributed by atoms with Gasteiger partial charge in [-0.2, -0.15) is 0 Å². The van der Waals surface area contributed by atoms with Gasteiger partial charge < -0.3 is 9.15 Å². The number of rotatable bonds is 23. The summed E-state index contributed by atoms with van der Waals surface area (Å²) in [6.45, 7) is 3.00. The lowest BCUT2D eigenvalue weighted by Crippen LogP contribution is -2.03.